The summed E-state index contributed by atoms with van der Waals surface area (Å²) in [6.45, 7) is 0. The van der Waals surface area contributed by atoms with Crippen LogP contribution in [-0.4, -0.2) is 17.0 Å². The van der Waals surface area contributed by atoms with E-state index in [0.717, 1.165) is 6.42 Å². The topological polar surface area (TPSA) is 84.6 Å². The van der Waals surface area contributed by atoms with Crippen LogP contribution in [0.25, 0.3) is 0 Å². The predicted molar refractivity (Wildman–Crippen MR) is 83.8 cm³/mol. The monoisotopic (exact) mass is 297 g/mol. The number of aryl methyl sites for hydroxylation is 1. The molecule has 22 heavy (non-hydrogen) atoms. The number of nitrogens with zero attached hydrogens (tertiary/aromatic N) is 2. The lowest BCUT2D eigenvalue weighted by Crippen LogP contribution is -2.17. The number of non-ortho nitro benzene ring substituents is 1. The van der Waals surface area contributed by atoms with E-state index in [0.29, 0.717) is 12.0 Å². The molecule has 0 aliphatic heterocycles. The van der Waals surface area contributed by atoms with E-state index in [1.807, 2.05) is 30.3 Å². The average molecular weight is 297 g/mol. The summed E-state index contributed by atoms with van der Waals surface area (Å²) in [5.74, 6) is -0.397. The second-order valence-electron chi connectivity index (χ2n) is 4.58. The van der Waals surface area contributed by atoms with Crippen molar-refractivity contribution in [2.75, 3.05) is 0 Å². The van der Waals surface area contributed by atoms with Gasteiger partial charge in [-0.15, -0.1) is 0 Å². The molecule has 6 heteroatoms. The zero-order valence-electron chi connectivity index (χ0n) is 11.8. The Morgan fingerprint density at radius 2 is 1.82 bits per heavy atom. The molecule has 112 valence electrons. The van der Waals surface area contributed by atoms with Crippen LogP contribution < -0.4 is 5.43 Å². The summed E-state index contributed by atoms with van der Waals surface area (Å²) in [5.41, 5.74) is 3.87. The summed E-state index contributed by atoms with van der Waals surface area (Å²) in [6, 6.07) is 15.3. The Kier molecular flexibility index (Phi) is 5.37. The van der Waals surface area contributed by atoms with E-state index >= 15 is 0 Å². The van der Waals surface area contributed by atoms with E-state index in [1.54, 1.807) is 6.21 Å². The molecule has 2 rings (SSSR count). The Hall–Kier alpha value is -3.02. The molecule has 0 bridgehead atoms. The van der Waals surface area contributed by atoms with Crippen molar-refractivity contribution in [1.82, 2.24) is 5.43 Å². The van der Waals surface area contributed by atoms with Gasteiger partial charge >= 0.3 is 0 Å². The summed E-state index contributed by atoms with van der Waals surface area (Å²) in [7, 11) is 0. The number of benzene rings is 2. The third-order valence-electron chi connectivity index (χ3n) is 3.00. The van der Waals surface area contributed by atoms with E-state index in [2.05, 4.69) is 10.5 Å². The number of nitro groups is 1. The molecule has 1 N–H and O–H groups in total. The van der Waals surface area contributed by atoms with E-state index in [4.69, 9.17) is 0 Å². The van der Waals surface area contributed by atoms with Crippen LogP contribution in [-0.2, 0) is 6.42 Å². The van der Waals surface area contributed by atoms with Gasteiger partial charge in [-0.3, -0.25) is 14.9 Å². The van der Waals surface area contributed by atoms with Crippen LogP contribution in [0.4, 0.5) is 5.69 Å². The van der Waals surface area contributed by atoms with Gasteiger partial charge in [0.2, 0.25) is 0 Å². The van der Waals surface area contributed by atoms with Gasteiger partial charge in [0.25, 0.3) is 11.6 Å². The van der Waals surface area contributed by atoms with Crippen LogP contribution in [0.5, 0.6) is 0 Å². The zero-order chi connectivity index (χ0) is 15.8. The highest BCUT2D eigenvalue weighted by molar-refractivity contribution is 5.94. The molecule has 6 nitrogen and oxygen atoms in total. The normalized spacial score (nSPS) is 10.5. The Morgan fingerprint density at radius 3 is 2.45 bits per heavy atom. The number of hydrogen-bond acceptors (Lipinski definition) is 4. The van der Waals surface area contributed by atoms with Gasteiger partial charge in [0, 0.05) is 23.9 Å². The molecule has 0 heterocycles. The minimum atomic E-state index is -0.510. The summed E-state index contributed by atoms with van der Waals surface area (Å²) in [6.07, 6.45) is 3.19. The predicted octanol–water partition coefficient (Wildman–Crippen LogP) is 2.94. The standard InChI is InChI=1S/C16H15N3O3/c20-16(14-8-10-15(11-9-14)19(21)22)18-17-12-4-7-13-5-2-1-3-6-13/h1-3,5-6,8-12H,4,7H2,(H,18,20). The molecule has 2 aromatic carbocycles. The number of nitrogens with one attached hydrogen (secondary N) is 1. The Morgan fingerprint density at radius 1 is 1.14 bits per heavy atom. The van der Waals surface area contributed by atoms with Crippen molar-refractivity contribution in [2.45, 2.75) is 12.8 Å². The van der Waals surface area contributed by atoms with Crippen molar-refractivity contribution in [3.8, 4) is 0 Å². The van der Waals surface area contributed by atoms with Crippen molar-refractivity contribution in [3.63, 3.8) is 0 Å². The second-order valence-corrected chi connectivity index (χ2v) is 4.58. The molecule has 0 saturated heterocycles. The zero-order valence-corrected chi connectivity index (χ0v) is 11.8. The maximum Gasteiger partial charge on any atom is 0.271 e. The Bertz CT molecular complexity index is 667. The van der Waals surface area contributed by atoms with E-state index in [9.17, 15) is 14.9 Å². The highest BCUT2D eigenvalue weighted by atomic mass is 16.6. The minimum absolute atomic E-state index is 0.0529. The van der Waals surface area contributed by atoms with Gasteiger partial charge in [-0.2, -0.15) is 5.10 Å². The fraction of sp³-hybridized carbons (Fsp3) is 0.125. The molecule has 0 fully saturated rings. The molecule has 0 spiro atoms. The molecule has 0 unspecified atom stereocenters. The first-order valence-corrected chi connectivity index (χ1v) is 6.77. The number of carbonyl (C=O) groups excluding carboxylic acids is 1. The molecular formula is C16H15N3O3. The van der Waals surface area contributed by atoms with Crippen molar-refractivity contribution in [3.05, 3.63) is 75.8 Å². The molecule has 0 aliphatic rings. The number of rotatable bonds is 6. The number of nitro benzene ring substituents is 1. The van der Waals surface area contributed by atoms with Gasteiger partial charge in [0.05, 0.1) is 4.92 Å². The molecule has 2 aromatic rings. The van der Waals surface area contributed by atoms with Crippen LogP contribution in [0.2, 0.25) is 0 Å². The summed E-state index contributed by atoms with van der Waals surface area (Å²) in [5, 5.41) is 14.4. The third-order valence-corrected chi connectivity index (χ3v) is 3.00. The van der Waals surface area contributed by atoms with Crippen LogP contribution in [0, 0.1) is 10.1 Å². The van der Waals surface area contributed by atoms with Gasteiger partial charge in [0.1, 0.15) is 0 Å². The van der Waals surface area contributed by atoms with Gasteiger partial charge < -0.3 is 0 Å². The second kappa shape index (κ2) is 7.68. The highest BCUT2D eigenvalue weighted by Crippen LogP contribution is 2.11. The van der Waals surface area contributed by atoms with Gasteiger partial charge in [-0.05, 0) is 30.5 Å². The average Bonchev–Trinajstić information content (AvgIpc) is 2.55. The lowest BCUT2D eigenvalue weighted by Gasteiger charge is -2.00. The van der Waals surface area contributed by atoms with Gasteiger partial charge in [-0.1, -0.05) is 30.3 Å². The molecular weight excluding hydrogens is 282 g/mol. The first kappa shape index (κ1) is 15.4. The van der Waals surface area contributed by atoms with Crippen molar-refractivity contribution >= 4 is 17.8 Å². The van der Waals surface area contributed by atoms with E-state index in [1.165, 1.54) is 29.8 Å². The third kappa shape index (κ3) is 4.52. The summed E-state index contributed by atoms with van der Waals surface area (Å²) >= 11 is 0. The number of carbonyl (C=O) groups is 1. The maximum atomic E-state index is 11.8. The summed E-state index contributed by atoms with van der Waals surface area (Å²) < 4.78 is 0. The molecule has 0 atom stereocenters. The van der Waals surface area contributed by atoms with Crippen LogP contribution in [0.3, 0.4) is 0 Å². The Labute approximate surface area is 127 Å². The number of hydrogen-bond donors (Lipinski definition) is 1. The van der Waals surface area contributed by atoms with Gasteiger partial charge in [0.15, 0.2) is 0 Å². The lowest BCUT2D eigenvalue weighted by molar-refractivity contribution is -0.384. The van der Waals surface area contributed by atoms with Crippen molar-refractivity contribution < 1.29 is 9.72 Å². The van der Waals surface area contributed by atoms with Crippen LogP contribution >= 0.6 is 0 Å². The highest BCUT2D eigenvalue weighted by Gasteiger charge is 2.08. The lowest BCUT2D eigenvalue weighted by atomic mass is 10.1. The number of amides is 1. The van der Waals surface area contributed by atoms with Crippen LogP contribution in [0.15, 0.2) is 59.7 Å². The molecule has 0 aliphatic carbocycles. The fourth-order valence-corrected chi connectivity index (χ4v) is 1.84. The van der Waals surface area contributed by atoms with E-state index in [-0.39, 0.29) is 5.69 Å². The molecule has 1 amide bonds. The molecule has 0 saturated carbocycles. The number of hydrazone groups is 1. The van der Waals surface area contributed by atoms with E-state index < -0.39 is 10.8 Å². The summed E-state index contributed by atoms with van der Waals surface area (Å²) in [4.78, 5) is 21.8. The van der Waals surface area contributed by atoms with Crippen molar-refractivity contribution in [2.24, 2.45) is 5.10 Å². The largest absolute Gasteiger partial charge is 0.271 e. The smallest absolute Gasteiger partial charge is 0.267 e. The first-order chi connectivity index (χ1) is 10.7. The molecule has 0 aromatic heterocycles. The van der Waals surface area contributed by atoms with Gasteiger partial charge in [-0.25, -0.2) is 5.43 Å². The maximum absolute atomic E-state index is 11.8. The van der Waals surface area contributed by atoms with Crippen molar-refractivity contribution in [1.29, 1.82) is 0 Å². The Balaban J connectivity index is 1.79. The SMILES string of the molecule is O=C(NN=CCCc1ccccc1)c1ccc([N+](=O)[O-])cc1. The quantitative estimate of drug-likeness (QED) is 0.505. The fourth-order valence-electron chi connectivity index (χ4n) is 1.84. The van der Waals surface area contributed by atoms with Crippen LogP contribution in [0.1, 0.15) is 22.3 Å². The first-order valence-electron chi connectivity index (χ1n) is 6.77. The minimum Gasteiger partial charge on any atom is -0.267 e. The molecule has 0 radical (unpaired) electrons.